The molecule has 3 aromatic carbocycles. The minimum Gasteiger partial charge on any atom is -0.495 e. The number of anilines is 1. The van der Waals surface area contributed by atoms with Gasteiger partial charge in [-0.1, -0.05) is 12.1 Å². The Morgan fingerprint density at radius 1 is 1.03 bits per heavy atom. The van der Waals surface area contributed by atoms with E-state index in [2.05, 4.69) is 4.74 Å². The Kier molecular flexibility index (Phi) is 6.01. The van der Waals surface area contributed by atoms with Gasteiger partial charge in [0.2, 0.25) is 0 Å². The average molecular weight is 490 g/mol. The van der Waals surface area contributed by atoms with Crippen LogP contribution in [-0.2, 0) is 10.0 Å². The number of nitriles is 1. The van der Waals surface area contributed by atoms with Gasteiger partial charge in [-0.3, -0.25) is 4.31 Å². The summed E-state index contributed by atoms with van der Waals surface area (Å²) in [6.07, 6.45) is -4.88. The minimum absolute atomic E-state index is 0.0102. The molecule has 34 heavy (non-hydrogen) atoms. The molecule has 0 unspecified atom stereocenters. The van der Waals surface area contributed by atoms with E-state index in [-0.39, 0.29) is 23.7 Å². The van der Waals surface area contributed by atoms with Crippen molar-refractivity contribution in [2.24, 2.45) is 0 Å². The first-order valence-electron chi connectivity index (χ1n) is 9.86. The van der Waals surface area contributed by atoms with Crippen molar-refractivity contribution < 1.29 is 35.8 Å². The first-order chi connectivity index (χ1) is 16.1. The van der Waals surface area contributed by atoms with Gasteiger partial charge in [-0.2, -0.15) is 5.26 Å². The SMILES string of the molecule is COc1cc(-c2ccc3c(c2)N(S(=O)(=O)c2ccc(OC(F)(F)F)cc2)CCO3)ccc1C#N. The van der Waals surface area contributed by atoms with Crippen molar-refractivity contribution in [3.63, 3.8) is 0 Å². The topological polar surface area (TPSA) is 88.9 Å². The molecule has 1 heterocycles. The fourth-order valence-electron chi connectivity index (χ4n) is 3.53. The Morgan fingerprint density at radius 3 is 2.35 bits per heavy atom. The number of benzene rings is 3. The molecular weight excluding hydrogens is 473 g/mol. The molecule has 0 fully saturated rings. The number of halogens is 3. The van der Waals surface area contributed by atoms with Gasteiger partial charge in [0, 0.05) is 0 Å². The number of nitrogens with zero attached hydrogens (tertiary/aromatic N) is 2. The summed E-state index contributed by atoms with van der Waals surface area (Å²) < 4.78 is 79.7. The number of hydrogen-bond donors (Lipinski definition) is 0. The summed E-state index contributed by atoms with van der Waals surface area (Å²) in [6, 6.07) is 16.0. The van der Waals surface area contributed by atoms with E-state index >= 15 is 0 Å². The Morgan fingerprint density at radius 2 is 1.71 bits per heavy atom. The normalized spacial score (nSPS) is 13.4. The molecule has 1 aliphatic heterocycles. The largest absolute Gasteiger partial charge is 0.573 e. The number of methoxy groups -OCH3 is 1. The van der Waals surface area contributed by atoms with E-state index < -0.39 is 22.1 Å². The van der Waals surface area contributed by atoms with Crippen LogP contribution in [0.2, 0.25) is 0 Å². The van der Waals surface area contributed by atoms with Crippen molar-refractivity contribution in [1.29, 1.82) is 5.26 Å². The van der Waals surface area contributed by atoms with Crippen LogP contribution in [-0.4, -0.2) is 35.0 Å². The van der Waals surface area contributed by atoms with Crippen molar-refractivity contribution >= 4 is 15.7 Å². The second-order valence-electron chi connectivity index (χ2n) is 7.15. The highest BCUT2D eigenvalue weighted by atomic mass is 32.2. The van der Waals surface area contributed by atoms with Crippen LogP contribution in [0.15, 0.2) is 65.6 Å². The lowest BCUT2D eigenvalue weighted by atomic mass is 10.0. The monoisotopic (exact) mass is 490 g/mol. The van der Waals surface area contributed by atoms with Crippen LogP contribution in [0.4, 0.5) is 18.9 Å². The summed E-state index contributed by atoms with van der Waals surface area (Å²) in [6.45, 7) is 0.113. The van der Waals surface area contributed by atoms with Crippen molar-refractivity contribution in [1.82, 2.24) is 0 Å². The number of sulfonamides is 1. The summed E-state index contributed by atoms with van der Waals surface area (Å²) in [4.78, 5) is -0.194. The molecule has 176 valence electrons. The summed E-state index contributed by atoms with van der Waals surface area (Å²) >= 11 is 0. The maximum Gasteiger partial charge on any atom is 0.573 e. The maximum absolute atomic E-state index is 13.3. The smallest absolute Gasteiger partial charge is 0.495 e. The summed E-state index contributed by atoms with van der Waals surface area (Å²) in [5, 5.41) is 9.19. The number of ether oxygens (including phenoxy) is 3. The van der Waals surface area contributed by atoms with Gasteiger partial charge < -0.3 is 14.2 Å². The highest BCUT2D eigenvalue weighted by Crippen LogP contribution is 2.39. The fraction of sp³-hybridized carbons (Fsp3) is 0.174. The number of fused-ring (bicyclic) bond motifs is 1. The van der Waals surface area contributed by atoms with E-state index in [1.165, 1.54) is 7.11 Å². The van der Waals surface area contributed by atoms with Crippen molar-refractivity contribution in [3.8, 4) is 34.4 Å². The zero-order valence-electron chi connectivity index (χ0n) is 17.7. The van der Waals surface area contributed by atoms with E-state index in [4.69, 9.17) is 9.47 Å². The van der Waals surface area contributed by atoms with Crippen LogP contribution in [0.5, 0.6) is 17.2 Å². The molecule has 0 saturated carbocycles. The Balaban J connectivity index is 1.71. The molecule has 0 spiro atoms. The molecule has 0 aromatic heterocycles. The highest BCUT2D eigenvalue weighted by molar-refractivity contribution is 7.92. The fourth-order valence-corrected chi connectivity index (χ4v) is 4.98. The summed E-state index contributed by atoms with van der Waals surface area (Å²) in [5.74, 6) is 0.196. The van der Waals surface area contributed by atoms with Crippen LogP contribution in [0.25, 0.3) is 11.1 Å². The lowest BCUT2D eigenvalue weighted by Gasteiger charge is -2.31. The average Bonchev–Trinajstić information content (AvgIpc) is 2.82. The van der Waals surface area contributed by atoms with Gasteiger partial charge in [-0.05, 0) is 59.7 Å². The second-order valence-corrected chi connectivity index (χ2v) is 9.02. The van der Waals surface area contributed by atoms with Crippen molar-refractivity contribution in [3.05, 3.63) is 66.2 Å². The number of hydrogen-bond acceptors (Lipinski definition) is 6. The van der Waals surface area contributed by atoms with Gasteiger partial charge in [0.1, 0.15) is 29.9 Å². The number of rotatable bonds is 5. The maximum atomic E-state index is 13.3. The molecular formula is C23H17F3N2O5S. The van der Waals surface area contributed by atoms with Crippen LogP contribution in [0, 0.1) is 11.3 Å². The third-order valence-corrected chi connectivity index (χ3v) is 6.91. The molecule has 0 bridgehead atoms. The van der Waals surface area contributed by atoms with Crippen LogP contribution in [0.3, 0.4) is 0 Å². The standard InChI is InChI=1S/C23H17F3N2O5S/c1-31-22-13-16(2-3-17(22)14-27)15-4-9-21-20(12-15)28(10-11-32-21)34(29,30)19-7-5-18(6-8-19)33-23(24,25)26/h2-9,12-13H,10-11H2,1H3. The molecule has 0 aliphatic carbocycles. The van der Waals surface area contributed by atoms with E-state index in [0.29, 0.717) is 28.2 Å². The molecule has 7 nitrogen and oxygen atoms in total. The number of alkyl halides is 3. The summed E-state index contributed by atoms with van der Waals surface area (Å²) in [5.41, 5.74) is 1.98. The zero-order chi connectivity index (χ0) is 24.5. The Labute approximate surface area is 193 Å². The first-order valence-corrected chi connectivity index (χ1v) is 11.3. The molecule has 0 saturated heterocycles. The molecule has 0 amide bonds. The predicted molar refractivity (Wildman–Crippen MR) is 116 cm³/mol. The van der Waals surface area contributed by atoms with E-state index in [1.807, 2.05) is 6.07 Å². The van der Waals surface area contributed by atoms with Gasteiger partial charge in [0.15, 0.2) is 0 Å². The summed E-state index contributed by atoms with van der Waals surface area (Å²) in [7, 11) is -2.67. The van der Waals surface area contributed by atoms with E-state index in [0.717, 1.165) is 28.6 Å². The van der Waals surface area contributed by atoms with Crippen molar-refractivity contribution in [2.45, 2.75) is 11.3 Å². The second kappa shape index (κ2) is 8.79. The molecule has 4 rings (SSSR count). The molecule has 0 atom stereocenters. The van der Waals surface area contributed by atoms with Gasteiger partial charge >= 0.3 is 6.36 Å². The van der Waals surface area contributed by atoms with E-state index in [9.17, 15) is 26.9 Å². The zero-order valence-corrected chi connectivity index (χ0v) is 18.5. The predicted octanol–water partition coefficient (Wildman–Crippen LogP) is 4.72. The Bertz CT molecular complexity index is 1370. The molecule has 1 aliphatic rings. The minimum atomic E-state index is -4.88. The van der Waals surface area contributed by atoms with Crippen LogP contribution >= 0.6 is 0 Å². The van der Waals surface area contributed by atoms with Crippen LogP contribution < -0.4 is 18.5 Å². The van der Waals surface area contributed by atoms with Crippen molar-refractivity contribution in [2.75, 3.05) is 24.6 Å². The Hall–Kier alpha value is -3.91. The third-order valence-electron chi connectivity index (χ3n) is 5.08. The highest BCUT2D eigenvalue weighted by Gasteiger charge is 2.33. The molecule has 3 aromatic rings. The van der Waals surface area contributed by atoms with E-state index in [1.54, 1.807) is 36.4 Å². The van der Waals surface area contributed by atoms with Gasteiger partial charge in [0.05, 0.1) is 29.8 Å². The van der Waals surface area contributed by atoms with Crippen LogP contribution in [0.1, 0.15) is 5.56 Å². The lowest BCUT2D eigenvalue weighted by molar-refractivity contribution is -0.274. The molecule has 11 heteroatoms. The quantitative estimate of drug-likeness (QED) is 0.514. The van der Waals surface area contributed by atoms with Gasteiger partial charge in [-0.25, -0.2) is 8.42 Å². The lowest BCUT2D eigenvalue weighted by Crippen LogP contribution is -2.37. The first kappa shape index (κ1) is 23.3. The molecule has 0 N–H and O–H groups in total. The third kappa shape index (κ3) is 4.58. The van der Waals surface area contributed by atoms with Gasteiger partial charge in [-0.15, -0.1) is 13.2 Å². The molecule has 0 radical (unpaired) electrons. The van der Waals surface area contributed by atoms with Gasteiger partial charge in [0.25, 0.3) is 10.0 Å².